The number of anilines is 1. The molecule has 5 rings (SSSR count). The van der Waals surface area contributed by atoms with Crippen molar-refractivity contribution in [3.63, 3.8) is 0 Å². The fourth-order valence-electron chi connectivity index (χ4n) is 3.77. The number of sulfonamides is 1. The number of hydrogen-bond acceptors (Lipinski definition) is 7. The van der Waals surface area contributed by atoms with Crippen molar-refractivity contribution in [1.82, 2.24) is 13.5 Å². The van der Waals surface area contributed by atoms with Crippen LogP contribution in [0.25, 0.3) is 11.0 Å². The Balaban J connectivity index is 1.44. The van der Waals surface area contributed by atoms with E-state index < -0.39 is 10.0 Å². The first-order chi connectivity index (χ1) is 16.3. The first-order valence-corrected chi connectivity index (χ1v) is 13.4. The van der Waals surface area contributed by atoms with Crippen LogP contribution in [0.5, 0.6) is 0 Å². The Kier molecular flexibility index (Phi) is 6.49. The number of halogens is 3. The molecule has 0 saturated heterocycles. The van der Waals surface area contributed by atoms with Crippen molar-refractivity contribution in [2.45, 2.75) is 17.4 Å². The Bertz CT molecular complexity index is 1510. The molecule has 1 N–H and O–H groups in total. The molecular formula is C22H16Cl3N5O2S2. The van der Waals surface area contributed by atoms with Crippen LogP contribution < -0.4 is 9.73 Å². The second-order valence-corrected chi connectivity index (χ2v) is 11.1. The summed E-state index contributed by atoms with van der Waals surface area (Å²) in [5.41, 5.74) is 3.18. The molecule has 7 nitrogen and oxygen atoms in total. The zero-order valence-corrected chi connectivity index (χ0v) is 21.2. The molecule has 34 heavy (non-hydrogen) atoms. The van der Waals surface area contributed by atoms with Crippen molar-refractivity contribution in [2.75, 3.05) is 11.6 Å². The molecule has 0 amide bonds. The van der Waals surface area contributed by atoms with Crippen molar-refractivity contribution in [3.05, 3.63) is 81.3 Å². The van der Waals surface area contributed by atoms with Gasteiger partial charge in [0.1, 0.15) is 15.9 Å². The zero-order chi connectivity index (χ0) is 23.9. The third-order valence-corrected chi connectivity index (χ3v) is 8.15. The summed E-state index contributed by atoms with van der Waals surface area (Å²) in [4.78, 5) is 0.0872. The number of aromatic nitrogens is 2. The summed E-state index contributed by atoms with van der Waals surface area (Å²) in [6.45, 7) is 0.0298. The van der Waals surface area contributed by atoms with Crippen molar-refractivity contribution in [1.29, 1.82) is 0 Å². The highest BCUT2D eigenvalue weighted by molar-refractivity contribution is 7.89. The Morgan fingerprint density at radius 1 is 1.00 bits per heavy atom. The fourth-order valence-corrected chi connectivity index (χ4v) is 6.17. The summed E-state index contributed by atoms with van der Waals surface area (Å²) in [5, 5.41) is 8.08. The molecule has 0 radical (unpaired) electrons. The number of benzene rings is 3. The van der Waals surface area contributed by atoms with Gasteiger partial charge in [-0.25, -0.2) is 13.1 Å². The molecule has 0 fully saturated rings. The summed E-state index contributed by atoms with van der Waals surface area (Å²) < 4.78 is 37.0. The Hall–Kier alpha value is -2.27. The van der Waals surface area contributed by atoms with Crippen LogP contribution in [0.4, 0.5) is 5.69 Å². The van der Waals surface area contributed by atoms with Gasteiger partial charge < -0.3 is 0 Å². The summed E-state index contributed by atoms with van der Waals surface area (Å²) in [5.74, 6) is 0. The van der Waals surface area contributed by atoms with Crippen LogP contribution in [0.3, 0.4) is 0 Å². The van der Waals surface area contributed by atoms with E-state index in [1.54, 1.807) is 35.3 Å². The Morgan fingerprint density at radius 2 is 1.76 bits per heavy atom. The van der Waals surface area contributed by atoms with Gasteiger partial charge in [0.05, 0.1) is 40.7 Å². The third kappa shape index (κ3) is 4.64. The highest BCUT2D eigenvalue weighted by Crippen LogP contribution is 2.39. The molecule has 0 bridgehead atoms. The second-order valence-electron chi connectivity index (χ2n) is 7.59. The van der Waals surface area contributed by atoms with Crippen molar-refractivity contribution in [3.8, 4) is 0 Å². The summed E-state index contributed by atoms with van der Waals surface area (Å²) in [6.07, 6.45) is 0.492. The average Bonchev–Trinajstić information content (AvgIpc) is 3.45. The molecule has 1 aliphatic heterocycles. The number of nitrogens with zero attached hydrogens (tertiary/aromatic N) is 4. The maximum atomic E-state index is 13.0. The van der Waals surface area contributed by atoms with E-state index in [0.717, 1.165) is 17.3 Å². The lowest BCUT2D eigenvalue weighted by Gasteiger charge is -2.25. The van der Waals surface area contributed by atoms with E-state index in [2.05, 4.69) is 13.5 Å². The Labute approximate surface area is 215 Å². The minimum Gasteiger partial charge on any atom is -0.256 e. The topological polar surface area (TPSA) is 87.5 Å². The fraction of sp³-hybridized carbons (Fsp3) is 0.136. The monoisotopic (exact) mass is 551 g/mol. The van der Waals surface area contributed by atoms with Crippen LogP contribution in [0.15, 0.2) is 70.7 Å². The number of hydrazone groups is 1. The molecule has 4 aromatic rings. The maximum Gasteiger partial charge on any atom is 0.243 e. The third-order valence-electron chi connectivity index (χ3n) is 5.39. The molecule has 1 unspecified atom stereocenters. The molecule has 1 aliphatic rings. The number of fused-ring (bicyclic) bond motifs is 1. The maximum absolute atomic E-state index is 13.0. The minimum absolute atomic E-state index is 0.0298. The van der Waals surface area contributed by atoms with E-state index >= 15 is 0 Å². The summed E-state index contributed by atoms with van der Waals surface area (Å²) >= 11 is 19.6. The second kappa shape index (κ2) is 9.41. The van der Waals surface area contributed by atoms with Gasteiger partial charge in [-0.05, 0) is 48.0 Å². The molecule has 1 atom stereocenters. The lowest BCUT2D eigenvalue weighted by molar-refractivity contribution is 0.587. The normalized spacial score (nSPS) is 16.3. The number of hydrogen-bond donors (Lipinski definition) is 1. The number of nitrogens with one attached hydrogen (secondary N) is 1. The van der Waals surface area contributed by atoms with Crippen LogP contribution in [0.2, 0.25) is 15.1 Å². The Morgan fingerprint density at radius 3 is 2.53 bits per heavy atom. The SMILES string of the molecule is O=S(=O)(NCC1=NN(c2ccc(Cl)cc2Cl)C(c2ccc(Cl)cc2)C1)c1cccc2nsnc12. The first kappa shape index (κ1) is 23.5. The molecule has 12 heteroatoms. The molecule has 1 aromatic heterocycles. The zero-order valence-electron chi connectivity index (χ0n) is 17.3. The first-order valence-electron chi connectivity index (χ1n) is 10.1. The predicted molar refractivity (Wildman–Crippen MR) is 138 cm³/mol. The van der Waals surface area contributed by atoms with Gasteiger partial charge in [-0.3, -0.25) is 5.01 Å². The van der Waals surface area contributed by atoms with E-state index in [1.165, 1.54) is 6.07 Å². The lowest BCUT2D eigenvalue weighted by Crippen LogP contribution is -2.29. The van der Waals surface area contributed by atoms with E-state index in [4.69, 9.17) is 39.9 Å². The van der Waals surface area contributed by atoms with E-state index in [1.807, 2.05) is 24.3 Å². The lowest BCUT2D eigenvalue weighted by atomic mass is 10.0. The largest absolute Gasteiger partial charge is 0.256 e. The van der Waals surface area contributed by atoms with Crippen molar-refractivity contribution in [2.24, 2.45) is 5.10 Å². The van der Waals surface area contributed by atoms with E-state index in [-0.39, 0.29) is 17.5 Å². The van der Waals surface area contributed by atoms with Gasteiger partial charge in [-0.1, -0.05) is 53.0 Å². The smallest absolute Gasteiger partial charge is 0.243 e. The highest BCUT2D eigenvalue weighted by atomic mass is 35.5. The molecular weight excluding hydrogens is 537 g/mol. The van der Waals surface area contributed by atoms with Crippen LogP contribution in [0.1, 0.15) is 18.0 Å². The van der Waals surface area contributed by atoms with Crippen LogP contribution in [-0.2, 0) is 10.0 Å². The minimum atomic E-state index is -3.83. The van der Waals surface area contributed by atoms with Crippen molar-refractivity contribution >= 4 is 79.0 Å². The molecule has 0 spiro atoms. The molecule has 174 valence electrons. The van der Waals surface area contributed by atoms with Crippen LogP contribution in [-0.4, -0.2) is 29.4 Å². The number of rotatable bonds is 6. The highest BCUT2D eigenvalue weighted by Gasteiger charge is 2.31. The van der Waals surface area contributed by atoms with Gasteiger partial charge in [-0.2, -0.15) is 13.8 Å². The van der Waals surface area contributed by atoms with E-state index in [0.29, 0.717) is 43.9 Å². The van der Waals surface area contributed by atoms with Gasteiger partial charge in [0, 0.05) is 16.5 Å². The standard InChI is InChI=1S/C22H16Cl3N5O2S2/c23-14-6-4-13(5-7-14)20-11-16(27-30(20)19-9-8-15(24)10-17(19)25)12-26-34(31,32)21-3-1-2-18-22(21)29-33-28-18/h1-10,20,26H,11-12H2. The molecule has 0 saturated carbocycles. The molecule has 0 aliphatic carbocycles. The van der Waals surface area contributed by atoms with Crippen LogP contribution >= 0.6 is 46.5 Å². The van der Waals surface area contributed by atoms with Crippen molar-refractivity contribution < 1.29 is 8.42 Å². The van der Waals surface area contributed by atoms with Gasteiger partial charge in [0.25, 0.3) is 0 Å². The summed E-state index contributed by atoms with van der Waals surface area (Å²) in [7, 11) is -3.83. The van der Waals surface area contributed by atoms with Crippen LogP contribution in [0, 0.1) is 0 Å². The van der Waals surface area contributed by atoms with Gasteiger partial charge in [-0.15, -0.1) is 0 Å². The quantitative estimate of drug-likeness (QED) is 0.320. The predicted octanol–water partition coefficient (Wildman–Crippen LogP) is 5.94. The average molecular weight is 553 g/mol. The molecule has 3 aromatic carbocycles. The molecule has 2 heterocycles. The van der Waals surface area contributed by atoms with Gasteiger partial charge in [0.15, 0.2) is 0 Å². The van der Waals surface area contributed by atoms with E-state index in [9.17, 15) is 8.42 Å². The van der Waals surface area contributed by atoms with Gasteiger partial charge in [0.2, 0.25) is 10.0 Å². The summed E-state index contributed by atoms with van der Waals surface area (Å²) in [6, 6.07) is 17.3. The van der Waals surface area contributed by atoms with Gasteiger partial charge >= 0.3 is 0 Å².